The van der Waals surface area contributed by atoms with Gasteiger partial charge in [-0.1, -0.05) is 38.1 Å². The van der Waals surface area contributed by atoms with Crippen molar-refractivity contribution in [2.75, 3.05) is 11.9 Å². The second-order valence-electron chi connectivity index (χ2n) is 9.78. The lowest BCUT2D eigenvalue weighted by molar-refractivity contribution is -0.129. The summed E-state index contributed by atoms with van der Waals surface area (Å²) in [6.45, 7) is 6.44. The molecule has 3 N–H and O–H groups in total. The molecule has 10 heteroatoms. The van der Waals surface area contributed by atoms with Crippen LogP contribution >= 0.6 is 0 Å². The molecule has 206 valence electrons. The van der Waals surface area contributed by atoms with Gasteiger partial charge in [-0.25, -0.2) is 9.97 Å². The zero-order valence-corrected chi connectivity index (χ0v) is 22.9. The molecule has 0 unspecified atom stereocenters. The predicted octanol–water partition coefficient (Wildman–Crippen LogP) is 4.82. The third-order valence-corrected chi connectivity index (χ3v) is 7.02. The molecule has 2 aromatic heterocycles. The quantitative estimate of drug-likeness (QED) is 0.264. The maximum atomic E-state index is 12.3. The second kappa shape index (κ2) is 12.0. The fourth-order valence-electron chi connectivity index (χ4n) is 4.64. The van der Waals surface area contributed by atoms with Crippen LogP contribution in [0.2, 0.25) is 0 Å². The molecular formula is C30H33N7O3. The average molecular weight is 540 g/mol. The summed E-state index contributed by atoms with van der Waals surface area (Å²) in [6.07, 6.45) is 5.37. The number of ether oxygens (including phenoxy) is 1. The van der Waals surface area contributed by atoms with E-state index in [1.54, 1.807) is 24.1 Å². The molecule has 1 aliphatic heterocycles. The zero-order valence-electron chi connectivity index (χ0n) is 22.9. The molecule has 0 spiro atoms. The predicted molar refractivity (Wildman–Crippen MR) is 153 cm³/mol. The van der Waals surface area contributed by atoms with Gasteiger partial charge in [0, 0.05) is 41.5 Å². The van der Waals surface area contributed by atoms with Crippen molar-refractivity contribution < 1.29 is 14.3 Å². The van der Waals surface area contributed by atoms with Gasteiger partial charge in [0.25, 0.3) is 5.91 Å². The highest BCUT2D eigenvalue weighted by atomic mass is 16.5. The molecule has 0 fully saturated rings. The van der Waals surface area contributed by atoms with Crippen LogP contribution in [0.3, 0.4) is 0 Å². The van der Waals surface area contributed by atoms with Gasteiger partial charge in [-0.3, -0.25) is 14.7 Å². The Kier molecular flexibility index (Phi) is 8.04. The van der Waals surface area contributed by atoms with Crippen molar-refractivity contribution in [1.82, 2.24) is 30.4 Å². The molecule has 40 heavy (non-hydrogen) atoms. The number of aromatic amines is 1. The summed E-state index contributed by atoms with van der Waals surface area (Å²) >= 11 is 0. The average Bonchev–Trinajstić information content (AvgIpc) is 3.66. The largest absolute Gasteiger partial charge is 0.484 e. The summed E-state index contributed by atoms with van der Waals surface area (Å²) < 4.78 is 5.79. The summed E-state index contributed by atoms with van der Waals surface area (Å²) in [4.78, 5) is 35.9. The number of rotatable bonds is 10. The van der Waals surface area contributed by atoms with E-state index in [2.05, 4.69) is 20.8 Å². The summed E-state index contributed by atoms with van der Waals surface area (Å²) in [5.41, 5.74) is 5.35. The van der Waals surface area contributed by atoms with Gasteiger partial charge in [-0.2, -0.15) is 5.10 Å². The minimum absolute atomic E-state index is 0.0166. The smallest absolute Gasteiger partial charge is 0.258 e. The number of carbonyl (C=O) groups excluding carboxylic acids is 2. The second-order valence-corrected chi connectivity index (χ2v) is 9.78. The summed E-state index contributed by atoms with van der Waals surface area (Å²) in [5, 5.41) is 13.3. The summed E-state index contributed by atoms with van der Waals surface area (Å²) in [6, 6.07) is 15.5. The number of fused-ring (bicyclic) bond motifs is 1. The van der Waals surface area contributed by atoms with Gasteiger partial charge in [-0.15, -0.1) is 0 Å². The van der Waals surface area contributed by atoms with Crippen LogP contribution in [0.25, 0.3) is 22.5 Å². The molecule has 0 atom stereocenters. The van der Waals surface area contributed by atoms with Crippen LogP contribution in [-0.4, -0.2) is 49.5 Å². The van der Waals surface area contributed by atoms with Gasteiger partial charge < -0.3 is 20.3 Å². The van der Waals surface area contributed by atoms with Crippen LogP contribution in [0.15, 0.2) is 60.9 Å². The van der Waals surface area contributed by atoms with Gasteiger partial charge in [0.1, 0.15) is 11.6 Å². The Bertz CT molecular complexity index is 1480. The van der Waals surface area contributed by atoms with Gasteiger partial charge in [0.05, 0.1) is 25.0 Å². The molecule has 4 aromatic rings. The summed E-state index contributed by atoms with van der Waals surface area (Å²) in [5.74, 6) is 1.54. The fraction of sp³-hybridized carbons (Fsp3) is 0.300. The normalized spacial score (nSPS) is 12.3. The molecule has 0 bridgehead atoms. The third kappa shape index (κ3) is 6.12. The lowest BCUT2D eigenvalue weighted by Crippen LogP contribution is -2.37. The number of nitrogens with one attached hydrogen (secondary N) is 3. The van der Waals surface area contributed by atoms with E-state index in [1.165, 1.54) is 0 Å². The Morgan fingerprint density at radius 2 is 1.82 bits per heavy atom. The molecule has 2 aromatic carbocycles. The maximum absolute atomic E-state index is 12.3. The Morgan fingerprint density at radius 3 is 2.52 bits per heavy atom. The van der Waals surface area contributed by atoms with E-state index in [1.807, 2.05) is 62.5 Å². The highest BCUT2D eigenvalue weighted by Crippen LogP contribution is 2.33. The van der Waals surface area contributed by atoms with Crippen LogP contribution in [-0.2, 0) is 22.7 Å². The van der Waals surface area contributed by atoms with Crippen LogP contribution in [0.4, 0.5) is 11.5 Å². The molecule has 3 heterocycles. The first-order valence-corrected chi connectivity index (χ1v) is 13.5. The lowest BCUT2D eigenvalue weighted by Gasteiger charge is -2.15. The number of anilines is 2. The van der Waals surface area contributed by atoms with Crippen LogP contribution in [0, 0.1) is 0 Å². The highest BCUT2D eigenvalue weighted by Gasteiger charge is 2.27. The molecule has 10 nitrogen and oxygen atoms in total. The Morgan fingerprint density at radius 1 is 1.02 bits per heavy atom. The van der Waals surface area contributed by atoms with E-state index in [0.717, 1.165) is 46.5 Å². The topological polar surface area (TPSA) is 125 Å². The van der Waals surface area contributed by atoms with Gasteiger partial charge in [-0.05, 0) is 42.7 Å². The van der Waals surface area contributed by atoms with E-state index in [4.69, 9.17) is 14.7 Å². The van der Waals surface area contributed by atoms with E-state index < -0.39 is 0 Å². The molecular weight excluding hydrogens is 506 g/mol. The minimum atomic E-state index is -0.150. The lowest BCUT2D eigenvalue weighted by atomic mass is 10.1. The van der Waals surface area contributed by atoms with E-state index in [0.29, 0.717) is 30.5 Å². The van der Waals surface area contributed by atoms with Crippen molar-refractivity contribution >= 4 is 23.3 Å². The summed E-state index contributed by atoms with van der Waals surface area (Å²) in [7, 11) is 0. The number of benzene rings is 2. The molecule has 5 rings (SSSR count). The van der Waals surface area contributed by atoms with E-state index >= 15 is 0 Å². The minimum Gasteiger partial charge on any atom is -0.484 e. The van der Waals surface area contributed by atoms with Crippen molar-refractivity contribution in [3.63, 3.8) is 0 Å². The van der Waals surface area contributed by atoms with Crippen molar-refractivity contribution in [3.8, 4) is 28.3 Å². The molecule has 2 amide bonds. The molecule has 0 saturated carbocycles. The van der Waals surface area contributed by atoms with Crippen molar-refractivity contribution in [3.05, 3.63) is 72.2 Å². The van der Waals surface area contributed by atoms with Gasteiger partial charge >= 0.3 is 0 Å². The fourth-order valence-corrected chi connectivity index (χ4v) is 4.64. The number of amides is 2. The number of nitrogens with zero attached hydrogens (tertiary/aromatic N) is 4. The van der Waals surface area contributed by atoms with Crippen molar-refractivity contribution in [2.24, 2.45) is 0 Å². The number of hydrogen-bond acceptors (Lipinski definition) is 7. The van der Waals surface area contributed by atoms with Crippen LogP contribution < -0.4 is 15.4 Å². The monoisotopic (exact) mass is 539 g/mol. The number of hydrogen-bond donors (Lipinski definition) is 3. The van der Waals surface area contributed by atoms with Gasteiger partial charge in [0.2, 0.25) is 5.91 Å². The molecule has 1 aliphatic rings. The molecule has 0 aliphatic carbocycles. The number of H-pyrrole nitrogens is 1. The third-order valence-electron chi connectivity index (χ3n) is 7.02. The molecule has 0 radical (unpaired) electrons. The van der Waals surface area contributed by atoms with Crippen LogP contribution in [0.5, 0.6) is 5.75 Å². The number of carbonyl (C=O) groups is 2. The molecule has 0 saturated heterocycles. The Hall–Kier alpha value is -4.73. The first-order chi connectivity index (χ1) is 19.4. The number of aromatic nitrogens is 4. The van der Waals surface area contributed by atoms with Crippen molar-refractivity contribution in [1.29, 1.82) is 0 Å². The highest BCUT2D eigenvalue weighted by molar-refractivity contribution is 5.78. The first kappa shape index (κ1) is 26.9. The zero-order chi connectivity index (χ0) is 28.1. The van der Waals surface area contributed by atoms with Crippen LogP contribution in [0.1, 0.15) is 44.9 Å². The first-order valence-electron chi connectivity index (χ1n) is 13.5. The Labute approximate surface area is 233 Å². The SMILES string of the molecule is CCC(CC)NC(=O)COc1cccc(-c2nc3c(c(Nc4ccc(-c5cn[nH]c5)cc4)n2)CN(C(C)=O)C3)c1. The standard InChI is InChI=1S/C30H33N7O3/c1-4-23(5-2)33-28(39)18-40-25-8-6-7-21(13-25)29-35-27-17-37(19(3)38)16-26(27)30(36-29)34-24-11-9-20(10-12-24)22-14-31-32-15-22/h6-15,23H,4-5,16-18H2,1-3H3,(H,31,32)(H,33,39)(H,34,35,36). The van der Waals surface area contributed by atoms with Gasteiger partial charge in [0.15, 0.2) is 12.4 Å². The Balaban J connectivity index is 1.39. The van der Waals surface area contributed by atoms with Crippen molar-refractivity contribution in [2.45, 2.75) is 52.7 Å². The van der Waals surface area contributed by atoms with E-state index in [9.17, 15) is 9.59 Å². The van der Waals surface area contributed by atoms with E-state index in [-0.39, 0.29) is 24.5 Å². The maximum Gasteiger partial charge on any atom is 0.258 e.